The summed E-state index contributed by atoms with van der Waals surface area (Å²) in [7, 11) is 0. The topological polar surface area (TPSA) is 35.2 Å². The number of rotatable bonds is 5. The van der Waals surface area contributed by atoms with Crippen LogP contribution in [-0.2, 0) is 13.0 Å². The van der Waals surface area contributed by atoms with E-state index in [0.29, 0.717) is 13.2 Å². The fourth-order valence-corrected chi connectivity index (χ4v) is 2.65. The molecule has 3 heteroatoms. The number of aryl methyl sites for hydroxylation is 1. The number of hydrogen-bond acceptors (Lipinski definition) is 3. The molecule has 0 fully saturated rings. The minimum absolute atomic E-state index is 0.397. The zero-order valence-electron chi connectivity index (χ0n) is 11.7. The molecule has 0 amide bonds. The monoisotopic (exact) mass is 285 g/mol. The lowest BCUT2D eigenvalue weighted by atomic mass is 10.1. The average Bonchev–Trinajstić information content (AvgIpc) is 2.93. The van der Waals surface area contributed by atoms with Crippen LogP contribution in [0.3, 0.4) is 0 Å². The highest BCUT2D eigenvalue weighted by molar-refractivity contribution is 7.12. The molecule has 0 bridgehead atoms. The Morgan fingerprint density at radius 2 is 1.95 bits per heavy atom. The zero-order valence-corrected chi connectivity index (χ0v) is 12.5. The van der Waals surface area contributed by atoms with E-state index in [0.717, 1.165) is 17.0 Å². The summed E-state index contributed by atoms with van der Waals surface area (Å²) in [5.74, 6) is 6.80. The van der Waals surface area contributed by atoms with Gasteiger partial charge in [0.2, 0.25) is 0 Å². The Labute approximate surface area is 124 Å². The molecule has 20 heavy (non-hydrogen) atoms. The summed E-state index contributed by atoms with van der Waals surface area (Å²) in [4.78, 5) is 2.20. The molecule has 0 atom stereocenters. The summed E-state index contributed by atoms with van der Waals surface area (Å²) in [5, 5.41) is 0. The van der Waals surface area contributed by atoms with Crippen LogP contribution in [0.4, 0.5) is 0 Å². The first-order chi connectivity index (χ1) is 9.81. The molecule has 2 rings (SSSR count). The molecule has 0 unspecified atom stereocenters. The van der Waals surface area contributed by atoms with Gasteiger partial charge in [-0.2, -0.15) is 0 Å². The van der Waals surface area contributed by atoms with E-state index in [1.165, 1.54) is 16.9 Å². The van der Waals surface area contributed by atoms with Crippen LogP contribution in [0.1, 0.15) is 28.7 Å². The second-order valence-corrected chi connectivity index (χ2v) is 5.62. The number of thiophene rings is 1. The van der Waals surface area contributed by atoms with Gasteiger partial charge in [-0.25, -0.2) is 0 Å². The number of hydrogen-bond donors (Lipinski definition) is 1. The Balaban J connectivity index is 1.89. The van der Waals surface area contributed by atoms with Gasteiger partial charge in [-0.1, -0.05) is 37.3 Å². The van der Waals surface area contributed by atoms with Gasteiger partial charge in [0.15, 0.2) is 0 Å². The molecule has 0 aliphatic heterocycles. The lowest BCUT2D eigenvalue weighted by Gasteiger charge is -2.05. The Hall–Kier alpha value is -1.76. The molecule has 2 aromatic rings. The molecule has 2 N–H and O–H groups in total. The predicted octanol–water partition coefficient (Wildman–Crippen LogP) is 3.59. The number of ether oxygens (including phenoxy) is 1. The van der Waals surface area contributed by atoms with Gasteiger partial charge in [-0.05, 0) is 36.2 Å². The highest BCUT2D eigenvalue weighted by Gasteiger charge is 2.00. The van der Waals surface area contributed by atoms with Crippen molar-refractivity contribution in [1.29, 1.82) is 0 Å². The maximum atomic E-state index is 5.78. The average molecular weight is 285 g/mol. The van der Waals surface area contributed by atoms with Crippen LogP contribution in [0.15, 0.2) is 36.4 Å². The lowest BCUT2D eigenvalue weighted by molar-refractivity contribution is 0.310. The van der Waals surface area contributed by atoms with Gasteiger partial charge in [-0.15, -0.1) is 11.3 Å². The molecule has 1 aromatic carbocycles. The van der Waals surface area contributed by atoms with Crippen molar-refractivity contribution in [1.82, 2.24) is 0 Å². The molecule has 0 aliphatic carbocycles. The van der Waals surface area contributed by atoms with Crippen molar-refractivity contribution >= 4 is 11.3 Å². The van der Waals surface area contributed by atoms with Crippen LogP contribution in [0.2, 0.25) is 0 Å². The van der Waals surface area contributed by atoms with E-state index in [1.54, 1.807) is 11.3 Å². The van der Waals surface area contributed by atoms with Gasteiger partial charge < -0.3 is 10.5 Å². The second-order valence-electron chi connectivity index (χ2n) is 4.45. The van der Waals surface area contributed by atoms with Crippen molar-refractivity contribution in [2.75, 3.05) is 6.54 Å². The van der Waals surface area contributed by atoms with Crippen LogP contribution in [-0.4, -0.2) is 6.54 Å². The van der Waals surface area contributed by atoms with Gasteiger partial charge in [0.05, 0.1) is 11.4 Å². The molecule has 0 spiro atoms. The fourth-order valence-electron chi connectivity index (χ4n) is 1.86. The largest absolute Gasteiger partial charge is 0.488 e. The van der Waals surface area contributed by atoms with Crippen molar-refractivity contribution in [3.05, 3.63) is 51.7 Å². The molecular weight excluding hydrogens is 266 g/mol. The summed E-state index contributed by atoms with van der Waals surface area (Å²) in [6.45, 7) is 3.17. The van der Waals surface area contributed by atoms with E-state index in [2.05, 4.69) is 37.0 Å². The molecule has 2 nitrogen and oxygen atoms in total. The van der Waals surface area contributed by atoms with Crippen LogP contribution in [0, 0.1) is 11.8 Å². The predicted molar refractivity (Wildman–Crippen MR) is 85.0 cm³/mol. The molecule has 1 aromatic heterocycles. The highest BCUT2D eigenvalue weighted by Crippen LogP contribution is 2.19. The third kappa shape index (κ3) is 4.41. The van der Waals surface area contributed by atoms with Crippen LogP contribution >= 0.6 is 11.3 Å². The number of nitrogens with two attached hydrogens (primary N) is 1. The van der Waals surface area contributed by atoms with Crippen LogP contribution < -0.4 is 10.5 Å². The van der Waals surface area contributed by atoms with Gasteiger partial charge in [0.1, 0.15) is 12.4 Å². The molecular formula is C17H19NOS. The van der Waals surface area contributed by atoms with E-state index in [4.69, 9.17) is 10.5 Å². The molecule has 104 valence electrons. The summed E-state index contributed by atoms with van der Waals surface area (Å²) < 4.78 is 5.78. The normalized spacial score (nSPS) is 9.90. The third-order valence-electron chi connectivity index (χ3n) is 2.82. The summed E-state index contributed by atoms with van der Waals surface area (Å²) in [5.41, 5.74) is 6.71. The Morgan fingerprint density at radius 3 is 2.65 bits per heavy atom. The fraction of sp³-hybridized carbons (Fsp3) is 0.294. The van der Waals surface area contributed by atoms with E-state index < -0.39 is 0 Å². The minimum atomic E-state index is 0.397. The van der Waals surface area contributed by atoms with Crippen molar-refractivity contribution in [3.63, 3.8) is 0 Å². The molecule has 0 radical (unpaired) electrons. The van der Waals surface area contributed by atoms with Gasteiger partial charge in [0, 0.05) is 4.88 Å². The van der Waals surface area contributed by atoms with Gasteiger partial charge in [-0.3, -0.25) is 0 Å². The maximum absolute atomic E-state index is 5.78. The van der Waals surface area contributed by atoms with Crippen molar-refractivity contribution in [2.45, 2.75) is 26.4 Å². The standard InChI is InChI=1S/C17H19NOS/c1-2-4-14-6-8-15(9-7-14)19-13-17-11-10-16(20-17)5-3-12-18/h6-11H,2,4,12-13,18H2,1H3. The summed E-state index contributed by atoms with van der Waals surface area (Å²) in [6, 6.07) is 12.4. The highest BCUT2D eigenvalue weighted by atomic mass is 32.1. The number of benzene rings is 1. The third-order valence-corrected chi connectivity index (χ3v) is 3.79. The van der Waals surface area contributed by atoms with Crippen LogP contribution in [0.5, 0.6) is 5.75 Å². The Kier molecular flexibility index (Phi) is 5.67. The van der Waals surface area contributed by atoms with Crippen molar-refractivity contribution < 1.29 is 4.74 Å². The quantitative estimate of drug-likeness (QED) is 0.852. The summed E-state index contributed by atoms with van der Waals surface area (Å²) in [6.07, 6.45) is 2.29. The molecule has 0 saturated carbocycles. The second kappa shape index (κ2) is 7.74. The van der Waals surface area contributed by atoms with Gasteiger partial charge >= 0.3 is 0 Å². The molecule has 0 aliphatic rings. The first-order valence-electron chi connectivity index (χ1n) is 6.81. The van der Waals surface area contributed by atoms with E-state index in [9.17, 15) is 0 Å². The zero-order chi connectivity index (χ0) is 14.2. The molecule has 0 saturated heterocycles. The Bertz CT molecular complexity index is 589. The smallest absolute Gasteiger partial charge is 0.122 e. The van der Waals surface area contributed by atoms with E-state index in [-0.39, 0.29) is 0 Å². The summed E-state index contributed by atoms with van der Waals surface area (Å²) >= 11 is 1.65. The minimum Gasteiger partial charge on any atom is -0.488 e. The SMILES string of the molecule is CCCc1ccc(OCc2ccc(C#CCN)s2)cc1. The van der Waals surface area contributed by atoms with Crippen molar-refractivity contribution in [3.8, 4) is 17.6 Å². The maximum Gasteiger partial charge on any atom is 0.122 e. The van der Waals surface area contributed by atoms with Gasteiger partial charge in [0.25, 0.3) is 0 Å². The van der Waals surface area contributed by atoms with Crippen LogP contribution in [0.25, 0.3) is 0 Å². The lowest BCUT2D eigenvalue weighted by Crippen LogP contribution is -1.93. The Morgan fingerprint density at radius 1 is 1.15 bits per heavy atom. The van der Waals surface area contributed by atoms with E-state index >= 15 is 0 Å². The first kappa shape index (κ1) is 14.6. The van der Waals surface area contributed by atoms with Crippen molar-refractivity contribution in [2.24, 2.45) is 5.73 Å². The molecule has 1 heterocycles. The first-order valence-corrected chi connectivity index (χ1v) is 7.63. The van der Waals surface area contributed by atoms with E-state index in [1.807, 2.05) is 18.2 Å².